The average molecular weight is 241 g/mol. The molecule has 0 aliphatic heterocycles. The van der Waals surface area contributed by atoms with Crippen molar-refractivity contribution >= 4 is 5.91 Å². The molecule has 0 saturated heterocycles. The Bertz CT molecular complexity index is 233. The summed E-state index contributed by atoms with van der Waals surface area (Å²) in [6.07, 6.45) is 7.17. The number of nitrogens with one attached hydrogen (secondary N) is 1. The van der Waals surface area contributed by atoms with Crippen molar-refractivity contribution in [2.45, 2.75) is 64.0 Å². The highest BCUT2D eigenvalue weighted by Crippen LogP contribution is 2.23. The van der Waals surface area contributed by atoms with Gasteiger partial charge in [0.15, 0.2) is 0 Å². The average Bonchev–Trinajstić information content (AvgIpc) is 2.34. The van der Waals surface area contributed by atoms with Gasteiger partial charge in [0, 0.05) is 24.5 Å². The summed E-state index contributed by atoms with van der Waals surface area (Å²) in [5, 5.41) is 3.07. The molecule has 17 heavy (non-hydrogen) atoms. The number of rotatable bonds is 6. The molecule has 3 atom stereocenters. The van der Waals surface area contributed by atoms with Gasteiger partial charge in [-0.3, -0.25) is 4.79 Å². The van der Waals surface area contributed by atoms with Crippen molar-refractivity contribution in [2.24, 2.45) is 17.4 Å². The second-order valence-corrected chi connectivity index (χ2v) is 5.21. The van der Waals surface area contributed by atoms with Gasteiger partial charge in [0.2, 0.25) is 5.91 Å². The summed E-state index contributed by atoms with van der Waals surface area (Å²) in [6, 6.07) is 0.340. The summed E-state index contributed by atoms with van der Waals surface area (Å²) >= 11 is 0. The lowest BCUT2D eigenvalue weighted by molar-refractivity contribution is -0.126. The first-order chi connectivity index (χ1) is 8.17. The standard InChI is InChI=1S/C13H27N3O/c1-2-3-7-12(9-14)16-13(17)10-5-4-6-11(15)8-10/h10-12H,2-9,14-15H2,1H3,(H,16,17). The minimum absolute atomic E-state index is 0.106. The number of carbonyl (C=O) groups excluding carboxylic acids is 1. The van der Waals surface area contributed by atoms with Crippen LogP contribution in [0.3, 0.4) is 0 Å². The fourth-order valence-electron chi connectivity index (χ4n) is 2.48. The monoisotopic (exact) mass is 241 g/mol. The van der Waals surface area contributed by atoms with Gasteiger partial charge in [-0.1, -0.05) is 26.2 Å². The van der Waals surface area contributed by atoms with Gasteiger partial charge in [0.1, 0.15) is 0 Å². The van der Waals surface area contributed by atoms with Gasteiger partial charge in [-0.25, -0.2) is 0 Å². The molecule has 1 rings (SSSR count). The van der Waals surface area contributed by atoms with E-state index in [-0.39, 0.29) is 23.9 Å². The number of nitrogens with two attached hydrogens (primary N) is 2. The fraction of sp³-hybridized carbons (Fsp3) is 0.923. The van der Waals surface area contributed by atoms with Crippen LogP contribution in [0.25, 0.3) is 0 Å². The van der Waals surface area contributed by atoms with Crippen LogP contribution in [0.1, 0.15) is 51.9 Å². The summed E-state index contributed by atoms with van der Waals surface area (Å²) in [5.74, 6) is 0.265. The zero-order chi connectivity index (χ0) is 12.7. The largest absolute Gasteiger partial charge is 0.352 e. The molecule has 1 saturated carbocycles. The van der Waals surface area contributed by atoms with E-state index in [9.17, 15) is 4.79 Å². The highest BCUT2D eigenvalue weighted by Gasteiger charge is 2.26. The summed E-state index contributed by atoms with van der Waals surface area (Å²) < 4.78 is 0. The molecule has 4 nitrogen and oxygen atoms in total. The van der Waals surface area contributed by atoms with Crippen molar-refractivity contribution < 1.29 is 4.79 Å². The first-order valence-corrected chi connectivity index (χ1v) is 6.93. The second kappa shape index (κ2) is 7.67. The quantitative estimate of drug-likeness (QED) is 0.652. The molecule has 1 aliphatic rings. The molecule has 0 heterocycles. The van der Waals surface area contributed by atoms with Crippen LogP contribution in [0.4, 0.5) is 0 Å². The summed E-state index contributed by atoms with van der Waals surface area (Å²) in [7, 11) is 0. The van der Waals surface area contributed by atoms with E-state index < -0.39 is 0 Å². The molecule has 4 heteroatoms. The van der Waals surface area contributed by atoms with Gasteiger partial charge in [-0.2, -0.15) is 0 Å². The third-order valence-electron chi connectivity index (χ3n) is 3.62. The molecule has 0 spiro atoms. The van der Waals surface area contributed by atoms with Crippen LogP contribution in [0, 0.1) is 5.92 Å². The highest BCUT2D eigenvalue weighted by atomic mass is 16.1. The molecule has 0 bridgehead atoms. The van der Waals surface area contributed by atoms with E-state index in [0.717, 1.165) is 44.9 Å². The second-order valence-electron chi connectivity index (χ2n) is 5.21. The molecule has 1 fully saturated rings. The number of amides is 1. The van der Waals surface area contributed by atoms with Crippen LogP contribution < -0.4 is 16.8 Å². The lowest BCUT2D eigenvalue weighted by Gasteiger charge is -2.27. The van der Waals surface area contributed by atoms with Crippen molar-refractivity contribution in [2.75, 3.05) is 6.54 Å². The Morgan fingerprint density at radius 2 is 2.24 bits per heavy atom. The maximum absolute atomic E-state index is 12.1. The number of unbranched alkanes of at least 4 members (excludes halogenated alkanes) is 1. The van der Waals surface area contributed by atoms with Crippen LogP contribution in [0.5, 0.6) is 0 Å². The Morgan fingerprint density at radius 1 is 1.47 bits per heavy atom. The third-order valence-corrected chi connectivity index (χ3v) is 3.62. The molecular formula is C13H27N3O. The summed E-state index contributed by atoms with van der Waals surface area (Å²) in [4.78, 5) is 12.1. The van der Waals surface area contributed by atoms with E-state index in [1.54, 1.807) is 0 Å². The number of hydrogen-bond donors (Lipinski definition) is 3. The Kier molecular flexibility index (Phi) is 6.52. The summed E-state index contributed by atoms with van der Waals surface area (Å²) in [5.41, 5.74) is 11.6. The fourth-order valence-corrected chi connectivity index (χ4v) is 2.48. The van der Waals surface area contributed by atoms with Crippen molar-refractivity contribution in [1.82, 2.24) is 5.32 Å². The van der Waals surface area contributed by atoms with E-state index in [2.05, 4.69) is 12.2 Å². The van der Waals surface area contributed by atoms with Crippen LogP contribution in [-0.4, -0.2) is 24.5 Å². The minimum Gasteiger partial charge on any atom is -0.352 e. The van der Waals surface area contributed by atoms with E-state index in [4.69, 9.17) is 11.5 Å². The molecule has 0 aromatic heterocycles. The van der Waals surface area contributed by atoms with Gasteiger partial charge < -0.3 is 16.8 Å². The van der Waals surface area contributed by atoms with Crippen molar-refractivity contribution in [3.05, 3.63) is 0 Å². The Morgan fingerprint density at radius 3 is 2.82 bits per heavy atom. The van der Waals surface area contributed by atoms with Crippen LogP contribution in [0.2, 0.25) is 0 Å². The molecule has 1 amide bonds. The van der Waals surface area contributed by atoms with E-state index in [0.29, 0.717) is 6.54 Å². The Labute approximate surface area is 105 Å². The van der Waals surface area contributed by atoms with Crippen molar-refractivity contribution in [3.63, 3.8) is 0 Å². The Hall–Kier alpha value is -0.610. The predicted octanol–water partition coefficient (Wildman–Crippen LogP) is 1.14. The Balaban J connectivity index is 2.35. The first kappa shape index (κ1) is 14.5. The van der Waals surface area contributed by atoms with Crippen LogP contribution >= 0.6 is 0 Å². The maximum atomic E-state index is 12.1. The van der Waals surface area contributed by atoms with Crippen molar-refractivity contribution in [3.8, 4) is 0 Å². The van der Waals surface area contributed by atoms with Gasteiger partial charge in [-0.05, 0) is 25.7 Å². The van der Waals surface area contributed by atoms with Gasteiger partial charge in [0.25, 0.3) is 0 Å². The van der Waals surface area contributed by atoms with Crippen LogP contribution in [0.15, 0.2) is 0 Å². The molecule has 0 aromatic carbocycles. The molecule has 5 N–H and O–H groups in total. The highest BCUT2D eigenvalue weighted by molar-refractivity contribution is 5.79. The summed E-state index contributed by atoms with van der Waals surface area (Å²) in [6.45, 7) is 2.68. The van der Waals surface area contributed by atoms with Crippen molar-refractivity contribution in [1.29, 1.82) is 0 Å². The van der Waals surface area contributed by atoms with E-state index in [1.807, 2.05) is 0 Å². The van der Waals surface area contributed by atoms with Crippen LogP contribution in [-0.2, 0) is 4.79 Å². The lowest BCUT2D eigenvalue weighted by Crippen LogP contribution is -2.45. The SMILES string of the molecule is CCCCC(CN)NC(=O)C1CCCC(N)C1. The maximum Gasteiger partial charge on any atom is 0.223 e. The normalized spacial score (nSPS) is 26.5. The van der Waals surface area contributed by atoms with Gasteiger partial charge in [-0.15, -0.1) is 0 Å². The topological polar surface area (TPSA) is 81.1 Å². The van der Waals surface area contributed by atoms with E-state index >= 15 is 0 Å². The lowest BCUT2D eigenvalue weighted by atomic mass is 9.85. The molecule has 100 valence electrons. The van der Waals surface area contributed by atoms with E-state index in [1.165, 1.54) is 0 Å². The zero-order valence-corrected chi connectivity index (χ0v) is 11.0. The smallest absolute Gasteiger partial charge is 0.223 e. The molecule has 3 unspecified atom stereocenters. The molecule has 0 aromatic rings. The first-order valence-electron chi connectivity index (χ1n) is 6.93. The molecule has 1 aliphatic carbocycles. The molecular weight excluding hydrogens is 214 g/mol. The predicted molar refractivity (Wildman–Crippen MR) is 70.4 cm³/mol. The van der Waals surface area contributed by atoms with Gasteiger partial charge in [0.05, 0.1) is 0 Å². The number of hydrogen-bond acceptors (Lipinski definition) is 3. The number of carbonyl (C=O) groups is 1. The molecule has 0 radical (unpaired) electrons. The third kappa shape index (κ3) is 5.04. The zero-order valence-electron chi connectivity index (χ0n) is 11.0. The van der Waals surface area contributed by atoms with Gasteiger partial charge >= 0.3 is 0 Å². The minimum atomic E-state index is 0.106.